The molecule has 0 bridgehead atoms. The summed E-state index contributed by atoms with van der Waals surface area (Å²) in [6.07, 6.45) is 1.49. The van der Waals surface area contributed by atoms with Crippen molar-refractivity contribution in [1.82, 2.24) is 25.1 Å². The van der Waals surface area contributed by atoms with E-state index >= 15 is 0 Å². The summed E-state index contributed by atoms with van der Waals surface area (Å²) >= 11 is 0. The maximum Gasteiger partial charge on any atom is 0.255 e. The van der Waals surface area contributed by atoms with Crippen molar-refractivity contribution in [2.24, 2.45) is 0 Å². The van der Waals surface area contributed by atoms with Gasteiger partial charge in [-0.1, -0.05) is 18.2 Å². The van der Waals surface area contributed by atoms with Crippen molar-refractivity contribution in [3.63, 3.8) is 0 Å². The summed E-state index contributed by atoms with van der Waals surface area (Å²) in [5.74, 6) is -0.173. The number of hydrogen-bond donors (Lipinski definition) is 1. The zero-order valence-corrected chi connectivity index (χ0v) is 14.8. The molecule has 1 aromatic heterocycles. The fourth-order valence-corrected chi connectivity index (χ4v) is 3.04. The maximum atomic E-state index is 12.6. The molecule has 3 aromatic rings. The first-order valence-electron chi connectivity index (χ1n) is 8.82. The number of rotatable bonds is 5. The van der Waals surface area contributed by atoms with E-state index < -0.39 is 0 Å². The van der Waals surface area contributed by atoms with E-state index in [-0.39, 0.29) is 5.91 Å². The lowest BCUT2D eigenvalue weighted by atomic mass is 10.1. The average molecular weight is 364 g/mol. The van der Waals surface area contributed by atoms with Crippen molar-refractivity contribution in [2.75, 3.05) is 31.6 Å². The van der Waals surface area contributed by atoms with Gasteiger partial charge in [-0.25, -0.2) is 4.68 Å². The maximum absolute atomic E-state index is 12.6. The van der Waals surface area contributed by atoms with Crippen LogP contribution in [-0.2, 0) is 11.3 Å². The fraction of sp³-hybridized carbons (Fsp3) is 0.263. The predicted octanol–water partition coefficient (Wildman–Crippen LogP) is 1.75. The minimum atomic E-state index is -0.173. The quantitative estimate of drug-likeness (QED) is 0.742. The van der Waals surface area contributed by atoms with E-state index in [0.29, 0.717) is 5.56 Å². The molecule has 8 heteroatoms. The van der Waals surface area contributed by atoms with Gasteiger partial charge in [-0.05, 0) is 46.3 Å². The second-order valence-corrected chi connectivity index (χ2v) is 6.35. The molecule has 1 amide bonds. The van der Waals surface area contributed by atoms with Gasteiger partial charge in [-0.2, -0.15) is 0 Å². The number of hydrogen-bond acceptors (Lipinski definition) is 6. The Morgan fingerprint density at radius 2 is 1.96 bits per heavy atom. The van der Waals surface area contributed by atoms with E-state index in [1.54, 1.807) is 18.2 Å². The first-order chi connectivity index (χ1) is 13.3. The van der Waals surface area contributed by atoms with Gasteiger partial charge in [0.2, 0.25) is 0 Å². The Labute approximate surface area is 156 Å². The minimum absolute atomic E-state index is 0.173. The van der Waals surface area contributed by atoms with E-state index in [4.69, 9.17) is 4.74 Å². The first kappa shape index (κ1) is 17.3. The molecule has 1 saturated heterocycles. The first-order valence-corrected chi connectivity index (χ1v) is 8.82. The molecule has 2 heterocycles. The van der Waals surface area contributed by atoms with Crippen molar-refractivity contribution in [3.8, 4) is 5.69 Å². The molecule has 4 rings (SSSR count). The number of nitrogens with one attached hydrogen (secondary N) is 1. The summed E-state index contributed by atoms with van der Waals surface area (Å²) in [4.78, 5) is 15.0. The van der Waals surface area contributed by atoms with Crippen LogP contribution in [0.1, 0.15) is 15.9 Å². The Hall–Kier alpha value is -3.10. The van der Waals surface area contributed by atoms with Gasteiger partial charge in [0, 0.05) is 30.9 Å². The number of amides is 1. The van der Waals surface area contributed by atoms with E-state index in [1.807, 2.05) is 24.3 Å². The van der Waals surface area contributed by atoms with Crippen LogP contribution in [0.4, 0.5) is 5.69 Å². The van der Waals surface area contributed by atoms with Gasteiger partial charge in [0.05, 0.1) is 18.9 Å². The van der Waals surface area contributed by atoms with Gasteiger partial charge >= 0.3 is 0 Å². The lowest BCUT2D eigenvalue weighted by Crippen LogP contribution is -2.35. The lowest BCUT2D eigenvalue weighted by molar-refractivity contribution is 0.0342. The Morgan fingerprint density at radius 1 is 1.11 bits per heavy atom. The van der Waals surface area contributed by atoms with Crippen molar-refractivity contribution in [3.05, 3.63) is 66.0 Å². The van der Waals surface area contributed by atoms with Crippen LogP contribution in [0.2, 0.25) is 0 Å². The largest absolute Gasteiger partial charge is 0.379 e. The molecular formula is C19H20N6O2. The molecule has 0 unspecified atom stereocenters. The van der Waals surface area contributed by atoms with Gasteiger partial charge in [0.25, 0.3) is 5.91 Å². The number of tetrazole rings is 1. The van der Waals surface area contributed by atoms with Crippen molar-refractivity contribution in [1.29, 1.82) is 0 Å². The minimum Gasteiger partial charge on any atom is -0.379 e. The van der Waals surface area contributed by atoms with Gasteiger partial charge < -0.3 is 10.1 Å². The Bertz CT molecular complexity index is 906. The van der Waals surface area contributed by atoms with Crippen LogP contribution in [-0.4, -0.2) is 57.3 Å². The Kier molecular flexibility index (Phi) is 5.17. The number of nitrogens with zero attached hydrogens (tertiary/aromatic N) is 5. The number of carbonyl (C=O) groups excluding carboxylic acids is 1. The monoisotopic (exact) mass is 364 g/mol. The molecule has 1 fully saturated rings. The molecule has 0 saturated carbocycles. The second-order valence-electron chi connectivity index (χ2n) is 6.35. The van der Waals surface area contributed by atoms with Crippen LogP contribution in [0.15, 0.2) is 54.9 Å². The van der Waals surface area contributed by atoms with Crippen LogP contribution >= 0.6 is 0 Å². The van der Waals surface area contributed by atoms with E-state index in [2.05, 4.69) is 31.8 Å². The Balaban J connectivity index is 1.45. The van der Waals surface area contributed by atoms with Crippen molar-refractivity contribution < 1.29 is 9.53 Å². The van der Waals surface area contributed by atoms with E-state index in [1.165, 1.54) is 11.0 Å². The van der Waals surface area contributed by atoms with Crippen molar-refractivity contribution >= 4 is 11.6 Å². The molecule has 0 atom stereocenters. The molecule has 138 valence electrons. The topological polar surface area (TPSA) is 85.2 Å². The molecule has 1 aliphatic heterocycles. The number of benzene rings is 2. The molecule has 27 heavy (non-hydrogen) atoms. The van der Waals surface area contributed by atoms with Crippen molar-refractivity contribution in [2.45, 2.75) is 6.54 Å². The molecule has 1 N–H and O–H groups in total. The average Bonchev–Trinajstić information content (AvgIpc) is 3.24. The third kappa shape index (κ3) is 4.36. The summed E-state index contributed by atoms with van der Waals surface area (Å²) in [7, 11) is 0. The summed E-state index contributed by atoms with van der Waals surface area (Å²) in [5, 5.41) is 14.1. The normalized spacial score (nSPS) is 14.8. The van der Waals surface area contributed by atoms with Gasteiger partial charge in [0.15, 0.2) is 0 Å². The highest BCUT2D eigenvalue weighted by atomic mass is 16.5. The second kappa shape index (κ2) is 8.07. The highest BCUT2D eigenvalue weighted by Gasteiger charge is 2.12. The van der Waals surface area contributed by atoms with Gasteiger partial charge in [0.1, 0.15) is 6.33 Å². The summed E-state index contributed by atoms with van der Waals surface area (Å²) in [5.41, 5.74) is 3.21. The van der Waals surface area contributed by atoms with E-state index in [9.17, 15) is 4.79 Å². The van der Waals surface area contributed by atoms with E-state index in [0.717, 1.165) is 49.8 Å². The lowest BCUT2D eigenvalue weighted by Gasteiger charge is -2.26. The van der Waals surface area contributed by atoms with Crippen LogP contribution in [0.3, 0.4) is 0 Å². The molecule has 0 radical (unpaired) electrons. The number of morpholine rings is 1. The molecule has 8 nitrogen and oxygen atoms in total. The summed E-state index contributed by atoms with van der Waals surface area (Å²) < 4.78 is 6.90. The van der Waals surface area contributed by atoms with Crippen LogP contribution in [0.25, 0.3) is 5.69 Å². The standard InChI is InChI=1S/C19H20N6O2/c26-19(16-4-2-6-18(12-16)25-14-20-22-23-25)21-17-5-1-3-15(11-17)13-24-7-9-27-10-8-24/h1-6,11-12,14H,7-10,13H2,(H,21,26). The van der Waals surface area contributed by atoms with Crippen LogP contribution in [0, 0.1) is 0 Å². The van der Waals surface area contributed by atoms with Crippen LogP contribution in [0.5, 0.6) is 0 Å². The molecule has 0 aliphatic carbocycles. The molecule has 2 aromatic carbocycles. The number of anilines is 1. The highest BCUT2D eigenvalue weighted by Crippen LogP contribution is 2.16. The number of ether oxygens (including phenoxy) is 1. The zero-order valence-electron chi connectivity index (χ0n) is 14.8. The zero-order chi connectivity index (χ0) is 18.5. The summed E-state index contributed by atoms with van der Waals surface area (Å²) in [6, 6.07) is 15.1. The smallest absolute Gasteiger partial charge is 0.255 e. The SMILES string of the molecule is O=C(Nc1cccc(CN2CCOCC2)c1)c1cccc(-n2cnnn2)c1. The predicted molar refractivity (Wildman–Crippen MR) is 99.6 cm³/mol. The van der Waals surface area contributed by atoms with Gasteiger partial charge in [-0.3, -0.25) is 9.69 Å². The number of carbonyl (C=O) groups is 1. The Morgan fingerprint density at radius 3 is 2.78 bits per heavy atom. The summed E-state index contributed by atoms with van der Waals surface area (Å²) in [6.45, 7) is 4.25. The third-order valence-corrected chi connectivity index (χ3v) is 4.42. The molecular weight excluding hydrogens is 344 g/mol. The molecule has 0 spiro atoms. The molecule has 1 aliphatic rings. The van der Waals surface area contributed by atoms with Crippen LogP contribution < -0.4 is 5.32 Å². The number of aromatic nitrogens is 4. The third-order valence-electron chi connectivity index (χ3n) is 4.42. The highest BCUT2D eigenvalue weighted by molar-refractivity contribution is 6.04. The fourth-order valence-electron chi connectivity index (χ4n) is 3.04. The van der Waals surface area contributed by atoms with Gasteiger partial charge in [-0.15, -0.1) is 5.10 Å².